The molecule has 0 aromatic rings. The van der Waals surface area contributed by atoms with Gasteiger partial charge in [-0.1, -0.05) is 13.3 Å². The number of aliphatic hydroxyl groups excluding tert-OH is 2. The maximum absolute atomic E-state index is 10.1. The number of carboxylic acid groups (broad SMARTS) is 2. The molecule has 9 heteroatoms. The Morgan fingerprint density at radius 2 is 1.21 bits per heavy atom. The third-order valence-corrected chi connectivity index (χ3v) is 2.69. The third kappa shape index (κ3) is 21.5. The van der Waals surface area contributed by atoms with E-state index in [-0.39, 0.29) is 40.4 Å². The molecule has 0 saturated carbocycles. The van der Waals surface area contributed by atoms with Crippen LogP contribution in [0.5, 0.6) is 0 Å². The summed E-state index contributed by atoms with van der Waals surface area (Å²) in [6.07, 6.45) is 2.36. The van der Waals surface area contributed by atoms with Gasteiger partial charge in [-0.2, -0.15) is 0 Å². The second-order valence-electron chi connectivity index (χ2n) is 6.46. The van der Waals surface area contributed by atoms with Gasteiger partial charge in [0.25, 0.3) is 0 Å². The van der Waals surface area contributed by atoms with Crippen molar-refractivity contribution >= 4 is 11.9 Å². The van der Waals surface area contributed by atoms with E-state index in [2.05, 4.69) is 6.92 Å². The summed E-state index contributed by atoms with van der Waals surface area (Å²) in [6, 6.07) is 0.398. The van der Waals surface area contributed by atoms with Gasteiger partial charge >= 0.3 is 11.9 Å². The van der Waals surface area contributed by atoms with Gasteiger partial charge in [-0.25, -0.2) is 0 Å². The second kappa shape index (κ2) is 17.3. The average Bonchev–Trinajstić information content (AvgIpc) is 2.39. The minimum absolute atomic E-state index is 0. The van der Waals surface area contributed by atoms with Crippen molar-refractivity contribution in [1.29, 1.82) is 0 Å². The summed E-state index contributed by atoms with van der Waals surface area (Å²) in [5, 5.41) is 33.3. The molecule has 24 heavy (non-hydrogen) atoms. The van der Waals surface area contributed by atoms with Crippen molar-refractivity contribution < 1.29 is 51.1 Å². The molecule has 0 bridgehead atoms. The van der Waals surface area contributed by atoms with Crippen LogP contribution in [0.25, 0.3) is 6.15 Å². The van der Waals surface area contributed by atoms with Crippen LogP contribution in [0.1, 0.15) is 54.4 Å². The smallest absolute Gasteiger partial charge is 0.311 e. The number of rotatable bonds is 6. The van der Waals surface area contributed by atoms with Crippen molar-refractivity contribution in [2.24, 2.45) is 16.6 Å². The minimum atomic E-state index is -0.986. The van der Waals surface area contributed by atoms with Crippen LogP contribution in [0, 0.1) is 10.8 Å². The van der Waals surface area contributed by atoms with Crippen LogP contribution in [0.4, 0.5) is 0 Å². The standard InChI is InChI=1S/C5H13N.2C5H10O3.H2N.Pt/c1-3-4-5(2)6;2*1-5(2,3-6)4(7)8;;/h5H,3-4,6H2,1-2H3;2*6H,3H2,1-2H3,(H,7,8);1H2;/q;;;-1;. The minimum Gasteiger partial charge on any atom is -0.693 e. The van der Waals surface area contributed by atoms with Crippen molar-refractivity contribution in [3.8, 4) is 0 Å². The van der Waals surface area contributed by atoms with E-state index in [1.807, 2.05) is 6.92 Å². The Kier molecular flexibility index (Phi) is 25.0. The molecule has 0 aromatic carbocycles. The van der Waals surface area contributed by atoms with Crippen LogP contribution in [-0.2, 0) is 30.7 Å². The summed E-state index contributed by atoms with van der Waals surface area (Å²) in [4.78, 5) is 20.2. The van der Waals surface area contributed by atoms with E-state index in [4.69, 9.17) is 26.2 Å². The fraction of sp³-hybridized carbons (Fsp3) is 0.867. The summed E-state index contributed by atoms with van der Waals surface area (Å²) in [5.74, 6) is -1.94. The van der Waals surface area contributed by atoms with Gasteiger partial charge in [0.1, 0.15) is 0 Å². The molecule has 0 rings (SSSR count). The largest absolute Gasteiger partial charge is 0.693 e. The Morgan fingerprint density at radius 3 is 1.21 bits per heavy atom. The van der Waals surface area contributed by atoms with Gasteiger partial charge in [-0.15, -0.1) is 0 Å². The number of aliphatic hydroxyl groups is 2. The molecule has 0 aliphatic heterocycles. The Balaban J connectivity index is -0.0000000730. The predicted octanol–water partition coefficient (Wildman–Crippen LogP) is 2.03. The van der Waals surface area contributed by atoms with Crippen LogP contribution in [0.2, 0.25) is 0 Å². The SMILES string of the molecule is CC(C)(CO)C(=O)O.CC(C)(CO)C(=O)O.CCCC(C)N.[NH2-].[Pt]. The topological polar surface area (TPSA) is 175 Å². The number of carboxylic acids is 2. The molecule has 0 amide bonds. The van der Waals surface area contributed by atoms with Crippen molar-refractivity contribution in [1.82, 2.24) is 0 Å². The van der Waals surface area contributed by atoms with Crippen LogP contribution < -0.4 is 5.73 Å². The molecule has 1 atom stereocenters. The average molecular weight is 535 g/mol. The third-order valence-electron chi connectivity index (χ3n) is 2.69. The first kappa shape index (κ1) is 34.7. The molecule has 8 N–H and O–H groups in total. The van der Waals surface area contributed by atoms with Gasteiger partial charge in [-0.3, -0.25) is 9.59 Å². The van der Waals surface area contributed by atoms with Crippen LogP contribution in [0.3, 0.4) is 0 Å². The molecular weight excluding hydrogens is 499 g/mol. The maximum Gasteiger partial charge on any atom is 0.311 e. The normalized spacial score (nSPS) is 11.2. The van der Waals surface area contributed by atoms with E-state index in [1.54, 1.807) is 0 Å². The van der Waals surface area contributed by atoms with Crippen LogP contribution >= 0.6 is 0 Å². The molecule has 0 aliphatic carbocycles. The fourth-order valence-corrected chi connectivity index (χ4v) is 0.591. The van der Waals surface area contributed by atoms with Crippen molar-refractivity contribution in [3.05, 3.63) is 6.15 Å². The fourth-order valence-electron chi connectivity index (χ4n) is 0.591. The van der Waals surface area contributed by atoms with E-state index in [0.29, 0.717) is 6.04 Å². The summed E-state index contributed by atoms with van der Waals surface area (Å²) in [6.45, 7) is 9.41. The van der Waals surface area contributed by atoms with Crippen molar-refractivity contribution in [2.45, 2.75) is 60.4 Å². The quantitative estimate of drug-likeness (QED) is 0.346. The van der Waals surface area contributed by atoms with E-state index < -0.39 is 22.8 Å². The molecule has 0 aliphatic rings. The molecule has 0 heterocycles. The number of hydrogen-bond acceptors (Lipinski definition) is 5. The van der Waals surface area contributed by atoms with Crippen molar-refractivity contribution in [3.63, 3.8) is 0 Å². The Morgan fingerprint density at radius 1 is 0.958 bits per heavy atom. The first-order chi connectivity index (χ1) is 9.78. The Labute approximate surface area is 159 Å². The zero-order valence-electron chi connectivity index (χ0n) is 15.5. The summed E-state index contributed by atoms with van der Waals surface area (Å²) in [7, 11) is 0. The van der Waals surface area contributed by atoms with Gasteiger partial charge < -0.3 is 32.3 Å². The van der Waals surface area contributed by atoms with Gasteiger partial charge in [0.2, 0.25) is 0 Å². The van der Waals surface area contributed by atoms with Crippen molar-refractivity contribution in [2.75, 3.05) is 13.2 Å². The maximum atomic E-state index is 10.1. The summed E-state index contributed by atoms with van der Waals surface area (Å²) in [5.41, 5.74) is 3.43. The first-order valence-electron chi connectivity index (χ1n) is 7.22. The molecule has 152 valence electrons. The molecule has 0 radical (unpaired) electrons. The zero-order valence-corrected chi connectivity index (χ0v) is 17.8. The number of hydrogen-bond donors (Lipinski definition) is 5. The molecule has 0 aromatic heterocycles. The number of nitrogens with two attached hydrogens (primary N) is 2. The molecule has 0 saturated heterocycles. The molecule has 8 nitrogen and oxygen atoms in total. The molecular formula is C15H35N2O6Pt-. The second-order valence-corrected chi connectivity index (χ2v) is 6.46. The summed E-state index contributed by atoms with van der Waals surface area (Å²) >= 11 is 0. The van der Waals surface area contributed by atoms with E-state index in [9.17, 15) is 9.59 Å². The molecule has 0 fully saturated rings. The summed E-state index contributed by atoms with van der Waals surface area (Å²) < 4.78 is 0. The van der Waals surface area contributed by atoms with Gasteiger partial charge in [-0.05, 0) is 41.0 Å². The monoisotopic (exact) mass is 534 g/mol. The number of carbonyl (C=O) groups is 2. The zero-order chi connectivity index (χ0) is 18.6. The van der Waals surface area contributed by atoms with E-state index in [0.717, 1.165) is 6.42 Å². The van der Waals surface area contributed by atoms with Gasteiger partial charge in [0.15, 0.2) is 0 Å². The van der Waals surface area contributed by atoms with E-state index >= 15 is 0 Å². The Bertz CT molecular complexity index is 297. The Hall–Kier alpha value is -0.532. The predicted molar refractivity (Wildman–Crippen MR) is 90.8 cm³/mol. The van der Waals surface area contributed by atoms with Crippen LogP contribution in [-0.4, -0.2) is 51.6 Å². The van der Waals surface area contributed by atoms with Gasteiger partial charge in [0, 0.05) is 27.1 Å². The van der Waals surface area contributed by atoms with E-state index in [1.165, 1.54) is 34.1 Å². The molecule has 1 unspecified atom stereocenters. The molecule has 0 spiro atoms. The van der Waals surface area contributed by atoms with Gasteiger partial charge in [0.05, 0.1) is 24.0 Å². The van der Waals surface area contributed by atoms with Crippen LogP contribution in [0.15, 0.2) is 0 Å². The number of aliphatic carboxylic acids is 2. The first-order valence-corrected chi connectivity index (χ1v) is 7.22.